The van der Waals surface area contributed by atoms with Crippen molar-refractivity contribution in [1.29, 1.82) is 0 Å². The first-order chi connectivity index (χ1) is 11.2. The Bertz CT molecular complexity index is 551. The molecule has 1 aromatic carbocycles. The third-order valence-corrected chi connectivity index (χ3v) is 4.10. The number of methoxy groups -OCH3 is 1. The van der Waals surface area contributed by atoms with Gasteiger partial charge in [0.25, 0.3) is 5.91 Å². The largest absolute Gasteiger partial charge is 0.493 e. The highest BCUT2D eigenvalue weighted by atomic mass is 35.5. The fourth-order valence-electron chi connectivity index (χ4n) is 2.96. The average Bonchev–Trinajstić information content (AvgIpc) is 3.02. The molecular formula is C18H27ClN2O3. The molecule has 1 saturated heterocycles. The number of halogens is 1. The van der Waals surface area contributed by atoms with Gasteiger partial charge in [0.15, 0.2) is 18.1 Å². The Morgan fingerprint density at radius 1 is 1.46 bits per heavy atom. The number of likely N-dealkylation sites (N-methyl/N-ethyl adjacent to an activating group) is 1. The summed E-state index contributed by atoms with van der Waals surface area (Å²) in [5.74, 6) is 1.27. The van der Waals surface area contributed by atoms with Gasteiger partial charge in [0.2, 0.25) is 0 Å². The lowest BCUT2D eigenvalue weighted by molar-refractivity contribution is -0.134. The van der Waals surface area contributed by atoms with Gasteiger partial charge in [-0.1, -0.05) is 12.1 Å². The van der Waals surface area contributed by atoms with E-state index in [2.05, 4.69) is 11.9 Å². The number of carbonyl (C=O) groups is 1. The van der Waals surface area contributed by atoms with E-state index in [9.17, 15) is 4.79 Å². The molecule has 1 aromatic rings. The van der Waals surface area contributed by atoms with Crippen LogP contribution in [0.1, 0.15) is 18.4 Å². The van der Waals surface area contributed by atoms with Crippen molar-refractivity contribution in [2.45, 2.75) is 25.3 Å². The molecule has 0 aliphatic carbocycles. The van der Waals surface area contributed by atoms with Crippen LogP contribution in [-0.2, 0) is 11.2 Å². The maximum absolute atomic E-state index is 12.4. The van der Waals surface area contributed by atoms with Gasteiger partial charge in [-0.05, 0) is 44.0 Å². The molecule has 5 nitrogen and oxygen atoms in total. The summed E-state index contributed by atoms with van der Waals surface area (Å²) in [6.07, 6.45) is 4.72. The molecule has 0 aromatic heterocycles. The number of allylic oxidation sites excluding steroid dienone is 1. The van der Waals surface area contributed by atoms with Gasteiger partial charge in [-0.2, -0.15) is 0 Å². The number of hydrogen-bond donors (Lipinski definition) is 1. The Balaban J connectivity index is 0.00000288. The lowest BCUT2D eigenvalue weighted by Gasteiger charge is -2.24. The fraction of sp³-hybridized carbons (Fsp3) is 0.500. The number of benzene rings is 1. The first kappa shape index (κ1) is 20.3. The smallest absolute Gasteiger partial charge is 0.260 e. The molecule has 1 aliphatic heterocycles. The standard InChI is InChI=1S/C18H26N2O3.ClH/c1-4-6-14-8-9-16(17(11-14)22-3)23-13-18(21)20-10-5-7-15(20)12-19-2;/h4,8-9,11,15,19H,1,5-7,10,12-13H2,2-3H3;1H. The lowest BCUT2D eigenvalue weighted by atomic mass is 10.1. The number of nitrogens with one attached hydrogen (secondary N) is 1. The number of ether oxygens (including phenoxy) is 2. The summed E-state index contributed by atoms with van der Waals surface area (Å²) in [4.78, 5) is 14.3. The van der Waals surface area contributed by atoms with E-state index in [0.717, 1.165) is 37.9 Å². The van der Waals surface area contributed by atoms with Crippen molar-refractivity contribution in [3.05, 3.63) is 36.4 Å². The molecule has 134 valence electrons. The van der Waals surface area contributed by atoms with Crippen LogP contribution >= 0.6 is 12.4 Å². The Labute approximate surface area is 150 Å². The number of likely N-dealkylation sites (tertiary alicyclic amines) is 1. The molecule has 1 N–H and O–H groups in total. The van der Waals surface area contributed by atoms with Gasteiger partial charge in [-0.15, -0.1) is 19.0 Å². The summed E-state index contributed by atoms with van der Waals surface area (Å²) in [5.41, 5.74) is 1.10. The first-order valence-corrected chi connectivity index (χ1v) is 8.04. The van der Waals surface area contributed by atoms with E-state index in [0.29, 0.717) is 11.5 Å². The van der Waals surface area contributed by atoms with E-state index in [4.69, 9.17) is 9.47 Å². The SMILES string of the molecule is C=CCc1ccc(OCC(=O)N2CCCC2CNC)c(OC)c1.Cl. The number of amides is 1. The van der Waals surface area contributed by atoms with E-state index in [1.807, 2.05) is 36.2 Å². The number of nitrogens with zero attached hydrogens (tertiary/aromatic N) is 1. The maximum Gasteiger partial charge on any atom is 0.260 e. The number of carbonyl (C=O) groups excluding carboxylic acids is 1. The molecule has 0 radical (unpaired) electrons. The minimum atomic E-state index is 0. The molecule has 1 heterocycles. The minimum Gasteiger partial charge on any atom is -0.493 e. The molecule has 0 saturated carbocycles. The lowest BCUT2D eigenvalue weighted by Crippen LogP contribution is -2.43. The highest BCUT2D eigenvalue weighted by Crippen LogP contribution is 2.28. The molecule has 1 atom stereocenters. The van der Waals surface area contributed by atoms with Crippen molar-refractivity contribution in [2.75, 3.05) is 33.9 Å². The summed E-state index contributed by atoms with van der Waals surface area (Å²) in [5, 5.41) is 3.14. The Morgan fingerprint density at radius 2 is 2.25 bits per heavy atom. The second-order valence-electron chi connectivity index (χ2n) is 5.71. The molecule has 1 fully saturated rings. The first-order valence-electron chi connectivity index (χ1n) is 8.04. The van der Waals surface area contributed by atoms with Crippen molar-refractivity contribution in [2.24, 2.45) is 0 Å². The molecule has 6 heteroatoms. The number of rotatable bonds is 8. The van der Waals surface area contributed by atoms with Crippen LogP contribution in [0.5, 0.6) is 11.5 Å². The van der Waals surface area contributed by atoms with Crippen molar-refractivity contribution in [3.63, 3.8) is 0 Å². The highest BCUT2D eigenvalue weighted by Gasteiger charge is 2.28. The summed E-state index contributed by atoms with van der Waals surface area (Å²) in [6, 6.07) is 6.00. The van der Waals surface area contributed by atoms with Gasteiger partial charge in [-0.3, -0.25) is 4.79 Å². The third kappa shape index (κ3) is 5.14. The topological polar surface area (TPSA) is 50.8 Å². The Morgan fingerprint density at radius 3 is 2.92 bits per heavy atom. The van der Waals surface area contributed by atoms with Crippen LogP contribution < -0.4 is 14.8 Å². The van der Waals surface area contributed by atoms with Gasteiger partial charge in [0.05, 0.1) is 7.11 Å². The van der Waals surface area contributed by atoms with E-state index in [-0.39, 0.29) is 31.0 Å². The molecule has 1 aliphatic rings. The molecule has 0 spiro atoms. The van der Waals surface area contributed by atoms with Crippen LogP contribution in [0.15, 0.2) is 30.9 Å². The van der Waals surface area contributed by atoms with E-state index in [1.165, 1.54) is 0 Å². The van der Waals surface area contributed by atoms with Crippen molar-refractivity contribution in [3.8, 4) is 11.5 Å². The van der Waals surface area contributed by atoms with E-state index >= 15 is 0 Å². The monoisotopic (exact) mass is 354 g/mol. The molecule has 1 unspecified atom stereocenters. The zero-order chi connectivity index (χ0) is 16.7. The van der Waals surface area contributed by atoms with Gasteiger partial charge in [0.1, 0.15) is 0 Å². The number of hydrogen-bond acceptors (Lipinski definition) is 4. The van der Waals surface area contributed by atoms with Gasteiger partial charge >= 0.3 is 0 Å². The van der Waals surface area contributed by atoms with Crippen molar-refractivity contribution in [1.82, 2.24) is 10.2 Å². The predicted octanol–water partition coefficient (Wildman–Crippen LogP) is 2.43. The van der Waals surface area contributed by atoms with Crippen LogP contribution in [0.2, 0.25) is 0 Å². The summed E-state index contributed by atoms with van der Waals surface area (Å²) in [7, 11) is 3.51. The van der Waals surface area contributed by atoms with Gasteiger partial charge in [0, 0.05) is 19.1 Å². The molecule has 2 rings (SSSR count). The third-order valence-electron chi connectivity index (χ3n) is 4.10. The average molecular weight is 355 g/mol. The van der Waals surface area contributed by atoms with Crippen LogP contribution in [0.4, 0.5) is 0 Å². The predicted molar refractivity (Wildman–Crippen MR) is 98.3 cm³/mol. The quantitative estimate of drug-likeness (QED) is 0.728. The zero-order valence-corrected chi connectivity index (χ0v) is 15.2. The van der Waals surface area contributed by atoms with Crippen molar-refractivity contribution >= 4 is 18.3 Å². The Kier molecular flexibility index (Phi) is 8.65. The van der Waals surface area contributed by atoms with Crippen LogP contribution in [0, 0.1) is 0 Å². The second kappa shape index (κ2) is 10.2. The van der Waals surface area contributed by atoms with Crippen LogP contribution in [0.25, 0.3) is 0 Å². The minimum absolute atomic E-state index is 0. The Hall–Kier alpha value is -1.72. The molecule has 24 heavy (non-hydrogen) atoms. The summed E-state index contributed by atoms with van der Waals surface area (Å²) < 4.78 is 11.1. The summed E-state index contributed by atoms with van der Waals surface area (Å²) in [6.45, 7) is 5.41. The van der Waals surface area contributed by atoms with E-state index < -0.39 is 0 Å². The van der Waals surface area contributed by atoms with E-state index in [1.54, 1.807) is 7.11 Å². The highest BCUT2D eigenvalue weighted by molar-refractivity contribution is 5.85. The van der Waals surface area contributed by atoms with Crippen LogP contribution in [-0.4, -0.2) is 50.7 Å². The van der Waals surface area contributed by atoms with Gasteiger partial charge < -0.3 is 19.7 Å². The second-order valence-corrected chi connectivity index (χ2v) is 5.71. The molecule has 1 amide bonds. The molecular weight excluding hydrogens is 328 g/mol. The maximum atomic E-state index is 12.4. The molecule has 0 bridgehead atoms. The van der Waals surface area contributed by atoms with Crippen molar-refractivity contribution < 1.29 is 14.3 Å². The summed E-state index contributed by atoms with van der Waals surface area (Å²) >= 11 is 0. The normalized spacial score (nSPS) is 16.4. The van der Waals surface area contributed by atoms with Gasteiger partial charge in [-0.25, -0.2) is 0 Å². The van der Waals surface area contributed by atoms with Crippen LogP contribution in [0.3, 0.4) is 0 Å². The zero-order valence-electron chi connectivity index (χ0n) is 14.4. The fourth-order valence-corrected chi connectivity index (χ4v) is 2.96.